The summed E-state index contributed by atoms with van der Waals surface area (Å²) in [5.74, 6) is 0.799. The number of ether oxygens (including phenoxy) is 1. The number of hydrogen-bond donors (Lipinski definition) is 0. The van der Waals surface area contributed by atoms with Crippen molar-refractivity contribution >= 4 is 0 Å². The minimum atomic E-state index is 0.799. The largest absolute Gasteiger partial charge is 0.497 e. The van der Waals surface area contributed by atoms with E-state index in [1.54, 1.807) is 5.57 Å². The summed E-state index contributed by atoms with van der Waals surface area (Å²) in [6.07, 6.45) is 8.15. The van der Waals surface area contributed by atoms with Crippen molar-refractivity contribution in [1.82, 2.24) is 0 Å². The topological polar surface area (TPSA) is 9.23 Å². The average Bonchev–Trinajstić information content (AvgIpc) is 1.90. The van der Waals surface area contributed by atoms with Gasteiger partial charge in [0, 0.05) is 5.57 Å². The summed E-state index contributed by atoms with van der Waals surface area (Å²) < 4.78 is 5.03. The van der Waals surface area contributed by atoms with E-state index in [0.717, 1.165) is 12.5 Å². The van der Waals surface area contributed by atoms with Gasteiger partial charge >= 0.3 is 0 Å². The van der Waals surface area contributed by atoms with Gasteiger partial charge in [-0.25, -0.2) is 0 Å². The van der Waals surface area contributed by atoms with Crippen LogP contribution in [-0.4, -0.2) is 6.61 Å². The van der Waals surface area contributed by atoms with Gasteiger partial charge in [0.15, 0.2) is 0 Å². The second-order valence-corrected chi connectivity index (χ2v) is 3.53. The van der Waals surface area contributed by atoms with Crippen molar-refractivity contribution in [2.75, 3.05) is 6.61 Å². The quantitative estimate of drug-likeness (QED) is 0.522. The minimum absolute atomic E-state index is 0.799. The van der Waals surface area contributed by atoms with Gasteiger partial charge in [0.25, 0.3) is 0 Å². The van der Waals surface area contributed by atoms with E-state index in [4.69, 9.17) is 4.74 Å². The normalized spacial score (nSPS) is 29.7. The highest BCUT2D eigenvalue weighted by Gasteiger charge is 2.20. The maximum atomic E-state index is 5.03. The summed E-state index contributed by atoms with van der Waals surface area (Å²) in [4.78, 5) is 0. The molecular formula is C10H14O. The fourth-order valence-corrected chi connectivity index (χ4v) is 1.70. The lowest BCUT2D eigenvalue weighted by molar-refractivity contribution is 0.200. The molecule has 0 spiro atoms. The molecule has 2 rings (SSSR count). The zero-order valence-electron chi connectivity index (χ0n) is 6.97. The molecule has 0 fully saturated rings. The van der Waals surface area contributed by atoms with Crippen molar-refractivity contribution in [2.45, 2.75) is 26.2 Å². The Kier molecular flexibility index (Phi) is 1.72. The van der Waals surface area contributed by atoms with Crippen LogP contribution in [0.15, 0.2) is 23.5 Å². The van der Waals surface area contributed by atoms with E-state index in [1.807, 2.05) is 6.26 Å². The molecule has 0 saturated heterocycles. The highest BCUT2D eigenvalue weighted by Crippen LogP contribution is 2.31. The second kappa shape index (κ2) is 2.72. The molecule has 0 saturated carbocycles. The molecule has 2 aliphatic rings. The van der Waals surface area contributed by atoms with Crippen LogP contribution in [0.2, 0.25) is 0 Å². The Morgan fingerprint density at radius 1 is 1.55 bits per heavy atom. The van der Waals surface area contributed by atoms with Crippen LogP contribution in [-0.2, 0) is 4.74 Å². The molecule has 1 nitrogen and oxygen atoms in total. The van der Waals surface area contributed by atoms with Crippen LogP contribution >= 0.6 is 0 Å². The fourth-order valence-electron chi connectivity index (χ4n) is 1.70. The summed E-state index contributed by atoms with van der Waals surface area (Å²) >= 11 is 0. The molecular weight excluding hydrogens is 136 g/mol. The predicted molar refractivity (Wildman–Crippen MR) is 45.1 cm³/mol. The molecule has 1 heterocycles. The first kappa shape index (κ1) is 6.96. The fraction of sp³-hybridized carbons (Fsp3) is 0.600. The summed E-state index contributed by atoms with van der Waals surface area (Å²) in [7, 11) is 0. The van der Waals surface area contributed by atoms with Gasteiger partial charge in [-0.05, 0) is 32.1 Å². The van der Waals surface area contributed by atoms with Crippen LogP contribution in [0.3, 0.4) is 0 Å². The summed E-state index contributed by atoms with van der Waals surface area (Å²) in [6, 6.07) is 0. The number of rotatable bonds is 1. The highest BCUT2D eigenvalue weighted by molar-refractivity contribution is 5.16. The molecule has 0 aromatic carbocycles. The molecule has 0 bridgehead atoms. The van der Waals surface area contributed by atoms with Crippen LogP contribution in [0.5, 0.6) is 0 Å². The zero-order chi connectivity index (χ0) is 7.68. The zero-order valence-corrected chi connectivity index (χ0v) is 6.97. The van der Waals surface area contributed by atoms with E-state index in [-0.39, 0.29) is 0 Å². The van der Waals surface area contributed by atoms with Gasteiger partial charge in [-0.15, -0.1) is 0 Å². The summed E-state index contributed by atoms with van der Waals surface area (Å²) in [5.41, 5.74) is 3.08. The van der Waals surface area contributed by atoms with E-state index in [1.165, 1.54) is 24.8 Å². The van der Waals surface area contributed by atoms with Crippen molar-refractivity contribution in [2.24, 2.45) is 5.92 Å². The molecule has 0 radical (unpaired) electrons. The lowest BCUT2D eigenvalue weighted by Gasteiger charge is -2.27. The van der Waals surface area contributed by atoms with Gasteiger partial charge in [-0.1, -0.05) is 11.6 Å². The molecule has 1 atom stereocenters. The maximum Gasteiger partial charge on any atom is 0.112 e. The standard InChI is InChI=1S/C10H14O/c1-8-2-4-9(5-3-8)10-6-11-7-10/h2,6,9H,3-5,7H2,1H3/t9-/m0/s1. The van der Waals surface area contributed by atoms with Crippen LogP contribution in [0.25, 0.3) is 0 Å². The Bertz CT molecular complexity index is 213. The molecule has 1 aliphatic carbocycles. The number of allylic oxidation sites excluding steroid dienone is 2. The van der Waals surface area contributed by atoms with E-state index >= 15 is 0 Å². The smallest absolute Gasteiger partial charge is 0.112 e. The Hall–Kier alpha value is -0.720. The average molecular weight is 150 g/mol. The van der Waals surface area contributed by atoms with Gasteiger partial charge in [0.2, 0.25) is 0 Å². The highest BCUT2D eigenvalue weighted by atomic mass is 16.5. The third-order valence-corrected chi connectivity index (χ3v) is 2.65. The molecule has 60 valence electrons. The Morgan fingerprint density at radius 3 is 2.82 bits per heavy atom. The Morgan fingerprint density at radius 2 is 2.36 bits per heavy atom. The van der Waals surface area contributed by atoms with Crippen LogP contribution in [0, 0.1) is 5.92 Å². The van der Waals surface area contributed by atoms with Gasteiger partial charge < -0.3 is 4.74 Å². The van der Waals surface area contributed by atoms with Crippen molar-refractivity contribution in [3.8, 4) is 0 Å². The summed E-state index contributed by atoms with van der Waals surface area (Å²) in [5, 5.41) is 0. The van der Waals surface area contributed by atoms with Crippen molar-refractivity contribution in [3.63, 3.8) is 0 Å². The second-order valence-electron chi connectivity index (χ2n) is 3.53. The minimum Gasteiger partial charge on any atom is -0.497 e. The van der Waals surface area contributed by atoms with E-state index in [0.29, 0.717) is 0 Å². The van der Waals surface area contributed by atoms with Crippen LogP contribution in [0.1, 0.15) is 26.2 Å². The van der Waals surface area contributed by atoms with Crippen molar-refractivity contribution < 1.29 is 4.74 Å². The molecule has 0 aromatic rings. The van der Waals surface area contributed by atoms with Gasteiger partial charge in [0.05, 0.1) is 6.26 Å². The molecule has 0 aromatic heterocycles. The van der Waals surface area contributed by atoms with Crippen molar-refractivity contribution in [3.05, 3.63) is 23.5 Å². The first-order valence-electron chi connectivity index (χ1n) is 4.32. The number of hydrogen-bond acceptors (Lipinski definition) is 1. The van der Waals surface area contributed by atoms with Crippen LogP contribution in [0.4, 0.5) is 0 Å². The van der Waals surface area contributed by atoms with Crippen molar-refractivity contribution in [1.29, 1.82) is 0 Å². The molecule has 1 heteroatoms. The van der Waals surface area contributed by atoms with Crippen LogP contribution < -0.4 is 0 Å². The first-order chi connectivity index (χ1) is 5.36. The lowest BCUT2D eigenvalue weighted by atomic mass is 9.84. The van der Waals surface area contributed by atoms with E-state index in [2.05, 4.69) is 13.0 Å². The molecule has 0 amide bonds. The van der Waals surface area contributed by atoms with E-state index < -0.39 is 0 Å². The monoisotopic (exact) mass is 150 g/mol. The lowest BCUT2D eigenvalue weighted by Crippen LogP contribution is -2.17. The Labute approximate surface area is 67.7 Å². The van der Waals surface area contributed by atoms with Gasteiger partial charge in [-0.3, -0.25) is 0 Å². The SMILES string of the molecule is CC1=CC[C@H](C2=COC2)CC1. The third-order valence-electron chi connectivity index (χ3n) is 2.65. The Balaban J connectivity index is 1.98. The molecule has 1 aliphatic heterocycles. The van der Waals surface area contributed by atoms with Gasteiger partial charge in [-0.2, -0.15) is 0 Å². The summed E-state index contributed by atoms with van der Waals surface area (Å²) in [6.45, 7) is 3.11. The molecule has 0 N–H and O–H groups in total. The van der Waals surface area contributed by atoms with Gasteiger partial charge in [0.1, 0.15) is 6.61 Å². The maximum absolute atomic E-state index is 5.03. The third kappa shape index (κ3) is 1.32. The predicted octanol–water partition coefficient (Wildman–Crippen LogP) is 2.65. The van der Waals surface area contributed by atoms with E-state index in [9.17, 15) is 0 Å². The first-order valence-corrected chi connectivity index (χ1v) is 4.32. The molecule has 11 heavy (non-hydrogen) atoms. The molecule has 0 unspecified atom stereocenters.